The second kappa shape index (κ2) is 5.69. The van der Waals surface area contributed by atoms with E-state index in [9.17, 15) is 0 Å². The van der Waals surface area contributed by atoms with Crippen LogP contribution in [0.2, 0.25) is 0 Å². The van der Waals surface area contributed by atoms with Crippen molar-refractivity contribution in [1.29, 1.82) is 0 Å². The first-order valence-electron chi connectivity index (χ1n) is 2.89. The topological polar surface area (TPSA) is 12.0 Å². The molecule has 0 aliphatic rings. The van der Waals surface area contributed by atoms with E-state index in [4.69, 9.17) is 0 Å². The maximum Gasteiger partial charge on any atom is 1.00 e. The van der Waals surface area contributed by atoms with Gasteiger partial charge in [0.15, 0.2) is 0 Å². The fraction of sp³-hybridized carbons (Fsp3) is 1.00. The van der Waals surface area contributed by atoms with Gasteiger partial charge in [0.2, 0.25) is 0 Å². The van der Waals surface area contributed by atoms with Gasteiger partial charge in [-0.05, 0) is 0 Å². The van der Waals surface area contributed by atoms with E-state index in [1.165, 1.54) is 0 Å². The Hall–Kier alpha value is 0.557. The smallest absolute Gasteiger partial charge is 1.00 e. The molecule has 0 saturated heterocycles. The molecule has 0 radical (unpaired) electrons. The summed E-state index contributed by atoms with van der Waals surface area (Å²) in [5.74, 6) is 0. The van der Waals surface area contributed by atoms with Gasteiger partial charge in [0, 0.05) is 12.1 Å². The maximum absolute atomic E-state index is 3.31. The monoisotopic (exact) mass is 109 g/mol. The number of rotatable bonds is 2. The Balaban J connectivity index is -0.000000180. The van der Waals surface area contributed by atoms with Crippen LogP contribution in [0.3, 0.4) is 0 Å². The summed E-state index contributed by atoms with van der Waals surface area (Å²) in [5, 5.41) is 3.31. The largest absolute Gasteiger partial charge is 1.00 e. The maximum atomic E-state index is 3.31. The van der Waals surface area contributed by atoms with Crippen LogP contribution in [0.1, 0.15) is 29.1 Å². The average Bonchev–Trinajstić information content (AvgIpc) is 1.27. The molecule has 2 heteroatoms. The zero-order valence-corrected chi connectivity index (χ0v) is 6.65. The summed E-state index contributed by atoms with van der Waals surface area (Å²) < 4.78 is 0. The van der Waals surface area contributed by atoms with Crippen molar-refractivity contribution in [2.45, 2.75) is 39.8 Å². The number of hydrogen-bond donors (Lipinski definition) is 1. The predicted molar refractivity (Wildman–Crippen MR) is 34.5 cm³/mol. The third-order valence-corrected chi connectivity index (χ3v) is 0.667. The predicted octanol–water partition coefficient (Wildman–Crippen LogP) is -1.49. The molecule has 1 nitrogen and oxygen atoms in total. The molecule has 0 aliphatic carbocycles. The Bertz CT molecular complexity index is 42.3. The molecule has 0 aromatic heterocycles. The molecule has 0 spiro atoms. The fourth-order valence-corrected chi connectivity index (χ4v) is 0.667. The Morgan fingerprint density at radius 3 is 1.25 bits per heavy atom. The van der Waals surface area contributed by atoms with E-state index in [0.717, 1.165) is 0 Å². The van der Waals surface area contributed by atoms with Gasteiger partial charge >= 0.3 is 18.9 Å². The summed E-state index contributed by atoms with van der Waals surface area (Å²) in [6.07, 6.45) is 0. The van der Waals surface area contributed by atoms with Gasteiger partial charge in [0.05, 0.1) is 0 Å². The molecule has 46 valence electrons. The molecule has 0 amide bonds. The molecule has 0 heterocycles. The Labute approximate surface area is 65.9 Å². The SMILES string of the molecule is CC(C)NC(C)C.[H-].[Li+]. The van der Waals surface area contributed by atoms with E-state index in [2.05, 4.69) is 33.0 Å². The van der Waals surface area contributed by atoms with E-state index in [0.29, 0.717) is 12.1 Å². The van der Waals surface area contributed by atoms with Gasteiger partial charge in [-0.25, -0.2) is 0 Å². The van der Waals surface area contributed by atoms with E-state index >= 15 is 0 Å². The van der Waals surface area contributed by atoms with Crippen LogP contribution in [0.25, 0.3) is 0 Å². The average molecular weight is 109 g/mol. The molecular formula is C6H16LiN. The molecule has 0 bridgehead atoms. The minimum Gasteiger partial charge on any atom is -1.00 e. The molecule has 0 rings (SSSR count). The summed E-state index contributed by atoms with van der Waals surface area (Å²) in [6.45, 7) is 8.61. The van der Waals surface area contributed by atoms with Crippen molar-refractivity contribution in [3.05, 3.63) is 0 Å². The minimum atomic E-state index is 0. The molecule has 0 fully saturated rings. The van der Waals surface area contributed by atoms with Crippen molar-refractivity contribution >= 4 is 0 Å². The van der Waals surface area contributed by atoms with Gasteiger partial charge in [-0.15, -0.1) is 0 Å². The van der Waals surface area contributed by atoms with Crippen LogP contribution in [0.5, 0.6) is 0 Å². The standard InChI is InChI=1S/C6H15N.Li.H/c1-5(2)7-6(3)4;;/h5-7H,1-4H3;;/q;+1;-1. The van der Waals surface area contributed by atoms with Crippen LogP contribution in [-0.2, 0) is 0 Å². The number of nitrogens with one attached hydrogen (secondary N) is 1. The molecule has 0 atom stereocenters. The molecule has 0 unspecified atom stereocenters. The van der Waals surface area contributed by atoms with Crippen LogP contribution in [0.15, 0.2) is 0 Å². The molecule has 8 heavy (non-hydrogen) atoms. The Morgan fingerprint density at radius 1 is 1.00 bits per heavy atom. The van der Waals surface area contributed by atoms with Crippen LogP contribution < -0.4 is 24.2 Å². The molecule has 0 aromatic rings. The summed E-state index contributed by atoms with van der Waals surface area (Å²) in [6, 6.07) is 1.25. The minimum absolute atomic E-state index is 0. The van der Waals surface area contributed by atoms with Crippen molar-refractivity contribution in [3.8, 4) is 0 Å². The van der Waals surface area contributed by atoms with E-state index < -0.39 is 0 Å². The third-order valence-electron chi connectivity index (χ3n) is 0.667. The summed E-state index contributed by atoms with van der Waals surface area (Å²) in [5.41, 5.74) is 0. The first-order chi connectivity index (χ1) is 3.13. The number of hydrogen-bond acceptors (Lipinski definition) is 1. The molecular weight excluding hydrogens is 93.0 g/mol. The Kier molecular flexibility index (Phi) is 8.08. The van der Waals surface area contributed by atoms with Gasteiger partial charge < -0.3 is 6.74 Å². The molecule has 0 saturated carbocycles. The van der Waals surface area contributed by atoms with Crippen molar-refractivity contribution < 1.29 is 20.3 Å². The van der Waals surface area contributed by atoms with E-state index in [-0.39, 0.29) is 20.3 Å². The van der Waals surface area contributed by atoms with E-state index in [1.807, 2.05) is 0 Å². The second-order valence-electron chi connectivity index (χ2n) is 2.48. The fourth-order valence-electron chi connectivity index (χ4n) is 0.667. The van der Waals surface area contributed by atoms with Gasteiger partial charge in [-0.1, -0.05) is 27.7 Å². The van der Waals surface area contributed by atoms with Gasteiger partial charge in [0.25, 0.3) is 0 Å². The summed E-state index contributed by atoms with van der Waals surface area (Å²) in [4.78, 5) is 0. The second-order valence-corrected chi connectivity index (χ2v) is 2.48. The Morgan fingerprint density at radius 2 is 1.25 bits per heavy atom. The molecule has 1 N–H and O–H groups in total. The quantitative estimate of drug-likeness (QED) is 0.426. The van der Waals surface area contributed by atoms with Crippen molar-refractivity contribution in [2.75, 3.05) is 0 Å². The van der Waals surface area contributed by atoms with Crippen LogP contribution >= 0.6 is 0 Å². The zero-order valence-electron chi connectivity index (χ0n) is 7.65. The van der Waals surface area contributed by atoms with Crippen LogP contribution in [0.4, 0.5) is 0 Å². The zero-order chi connectivity index (χ0) is 5.86. The molecule has 0 aliphatic heterocycles. The van der Waals surface area contributed by atoms with Crippen LogP contribution in [0, 0.1) is 0 Å². The normalized spacial score (nSPS) is 9.75. The summed E-state index contributed by atoms with van der Waals surface area (Å²) >= 11 is 0. The van der Waals surface area contributed by atoms with Gasteiger partial charge in [-0.2, -0.15) is 0 Å². The van der Waals surface area contributed by atoms with Crippen LogP contribution in [-0.4, -0.2) is 12.1 Å². The van der Waals surface area contributed by atoms with Crippen molar-refractivity contribution in [3.63, 3.8) is 0 Å². The van der Waals surface area contributed by atoms with E-state index in [1.54, 1.807) is 0 Å². The van der Waals surface area contributed by atoms with Gasteiger partial charge in [0.1, 0.15) is 0 Å². The third kappa shape index (κ3) is 9.75. The summed E-state index contributed by atoms with van der Waals surface area (Å²) in [7, 11) is 0. The first-order valence-corrected chi connectivity index (χ1v) is 2.89. The van der Waals surface area contributed by atoms with Crippen molar-refractivity contribution in [2.24, 2.45) is 0 Å². The van der Waals surface area contributed by atoms with Gasteiger partial charge in [-0.3, -0.25) is 0 Å². The first kappa shape index (κ1) is 11.4. The molecule has 0 aromatic carbocycles. The van der Waals surface area contributed by atoms with Crippen molar-refractivity contribution in [1.82, 2.24) is 5.32 Å².